The van der Waals surface area contributed by atoms with E-state index in [1.54, 1.807) is 10.7 Å². The zero-order chi connectivity index (χ0) is 21.1. The van der Waals surface area contributed by atoms with Gasteiger partial charge < -0.3 is 27.0 Å². The predicted octanol–water partition coefficient (Wildman–Crippen LogP) is 2.15. The van der Waals surface area contributed by atoms with Crippen LogP contribution in [0.2, 0.25) is 5.02 Å². The van der Waals surface area contributed by atoms with Crippen LogP contribution in [0.15, 0.2) is 18.3 Å². The van der Waals surface area contributed by atoms with Crippen molar-refractivity contribution in [1.29, 1.82) is 0 Å². The number of aromatic nitrogens is 4. The molecule has 2 aliphatic heterocycles. The van der Waals surface area contributed by atoms with Gasteiger partial charge in [-0.25, -0.2) is 4.98 Å². The molecule has 0 radical (unpaired) electrons. The van der Waals surface area contributed by atoms with E-state index >= 15 is 0 Å². The maximum atomic E-state index is 6.87. The van der Waals surface area contributed by atoms with Crippen LogP contribution in [0.4, 0.5) is 34.6 Å². The van der Waals surface area contributed by atoms with Crippen molar-refractivity contribution in [3.63, 3.8) is 0 Å². The van der Waals surface area contributed by atoms with Crippen LogP contribution in [0, 0.1) is 0 Å². The van der Waals surface area contributed by atoms with Gasteiger partial charge >= 0.3 is 0 Å². The first kappa shape index (κ1) is 18.8. The van der Waals surface area contributed by atoms with Gasteiger partial charge in [0.1, 0.15) is 5.82 Å². The van der Waals surface area contributed by atoms with Crippen molar-refractivity contribution in [2.24, 2.45) is 0 Å². The molecule has 1 saturated carbocycles. The number of halogens is 1. The number of hydrogen-bond acceptors (Lipinski definition) is 9. The van der Waals surface area contributed by atoms with E-state index in [-0.39, 0.29) is 0 Å². The standard InChI is InChI=1S/C20H25ClN10/c21-17-14(7-11(22)8-15(17)30-6-5-29-4-3-13(30)10-29)26-20-27-18(25-12-1-2-12)19-24-9-16(23)31(19)28-20/h7-9,12-13H,1-6,10,22-23H2,(H2,25,26,27,28). The second kappa shape index (κ2) is 7.03. The fourth-order valence-electron chi connectivity index (χ4n) is 4.54. The van der Waals surface area contributed by atoms with E-state index < -0.39 is 0 Å². The van der Waals surface area contributed by atoms with Crippen molar-refractivity contribution in [2.45, 2.75) is 31.3 Å². The van der Waals surface area contributed by atoms with Gasteiger partial charge in [-0.3, -0.25) is 4.90 Å². The van der Waals surface area contributed by atoms with E-state index in [1.165, 1.54) is 0 Å². The maximum absolute atomic E-state index is 6.87. The molecular formula is C20H25ClN10. The number of anilines is 6. The highest BCUT2D eigenvalue weighted by Crippen LogP contribution is 2.39. The van der Waals surface area contributed by atoms with Gasteiger partial charge in [-0.15, -0.1) is 5.10 Å². The SMILES string of the molecule is Nc1cc(Nc2nc(NC3CC3)c3ncc(N)n3n2)c(Cl)c(N2CCN3CCC2C3)c1. The van der Waals surface area contributed by atoms with Crippen LogP contribution in [0.1, 0.15) is 19.3 Å². The molecule has 2 aromatic heterocycles. The van der Waals surface area contributed by atoms with Crippen LogP contribution < -0.4 is 27.0 Å². The number of nitrogens with one attached hydrogen (secondary N) is 2. The zero-order valence-corrected chi connectivity index (χ0v) is 17.8. The number of imidazole rings is 1. The first-order valence-electron chi connectivity index (χ1n) is 10.7. The minimum absolute atomic E-state index is 0.379. The number of hydrogen-bond donors (Lipinski definition) is 4. The molecular weight excluding hydrogens is 416 g/mol. The molecule has 6 rings (SSSR count). The molecule has 2 saturated heterocycles. The predicted molar refractivity (Wildman–Crippen MR) is 123 cm³/mol. The summed E-state index contributed by atoms with van der Waals surface area (Å²) in [6.07, 6.45) is 4.96. The van der Waals surface area contributed by atoms with Crippen molar-refractivity contribution in [2.75, 3.05) is 53.2 Å². The Labute approximate surface area is 184 Å². The quantitative estimate of drug-likeness (QED) is 0.441. The van der Waals surface area contributed by atoms with Crippen molar-refractivity contribution in [3.8, 4) is 0 Å². The van der Waals surface area contributed by atoms with Gasteiger partial charge in [-0.1, -0.05) is 11.6 Å². The Morgan fingerprint density at radius 2 is 1.97 bits per heavy atom. The fraction of sp³-hybridized carbons (Fsp3) is 0.450. The summed E-state index contributed by atoms with van der Waals surface area (Å²) in [4.78, 5) is 13.9. The summed E-state index contributed by atoms with van der Waals surface area (Å²) in [5.74, 6) is 1.47. The molecule has 1 aliphatic carbocycles. The summed E-state index contributed by atoms with van der Waals surface area (Å²) in [6, 6.07) is 4.65. The van der Waals surface area contributed by atoms with Crippen molar-refractivity contribution in [3.05, 3.63) is 23.4 Å². The van der Waals surface area contributed by atoms with Crippen LogP contribution >= 0.6 is 11.6 Å². The molecule has 31 heavy (non-hydrogen) atoms. The molecule has 3 aliphatic rings. The third-order valence-corrected chi connectivity index (χ3v) is 6.68. The third kappa shape index (κ3) is 3.35. The van der Waals surface area contributed by atoms with Crippen LogP contribution in [0.25, 0.3) is 5.65 Å². The van der Waals surface area contributed by atoms with E-state index in [4.69, 9.17) is 23.1 Å². The Bertz CT molecular complexity index is 1160. The Morgan fingerprint density at radius 1 is 1.10 bits per heavy atom. The molecule has 0 amide bonds. The van der Waals surface area contributed by atoms with E-state index in [0.29, 0.717) is 51.7 Å². The van der Waals surface area contributed by atoms with Gasteiger partial charge in [0, 0.05) is 44.0 Å². The molecule has 6 N–H and O–H groups in total. The number of nitrogen functional groups attached to an aromatic ring is 2. The van der Waals surface area contributed by atoms with Crippen LogP contribution in [-0.2, 0) is 0 Å². The Hall–Kier alpha value is -2.98. The van der Waals surface area contributed by atoms with Gasteiger partial charge in [0.05, 0.1) is 22.6 Å². The normalized spacial score (nSPS) is 22.8. The number of nitrogens with two attached hydrogens (primary N) is 2. The van der Waals surface area contributed by atoms with E-state index in [0.717, 1.165) is 51.1 Å². The van der Waals surface area contributed by atoms with Crippen molar-refractivity contribution < 1.29 is 0 Å². The number of benzene rings is 1. The highest BCUT2D eigenvalue weighted by atomic mass is 35.5. The van der Waals surface area contributed by atoms with Gasteiger partial charge in [-0.05, 0) is 31.4 Å². The minimum atomic E-state index is 0.379. The summed E-state index contributed by atoms with van der Waals surface area (Å²) in [5, 5.41) is 11.8. The lowest BCUT2D eigenvalue weighted by molar-refractivity contribution is 0.311. The molecule has 1 aromatic carbocycles. The molecule has 2 bridgehead atoms. The highest BCUT2D eigenvalue weighted by molar-refractivity contribution is 6.36. The van der Waals surface area contributed by atoms with Crippen molar-refractivity contribution in [1.82, 2.24) is 24.5 Å². The van der Waals surface area contributed by atoms with Crippen LogP contribution in [0.3, 0.4) is 0 Å². The summed E-state index contributed by atoms with van der Waals surface area (Å²) in [5.41, 5.74) is 15.2. The van der Waals surface area contributed by atoms with Crippen LogP contribution in [0.5, 0.6) is 0 Å². The monoisotopic (exact) mass is 440 g/mol. The average Bonchev–Trinajstić information content (AvgIpc) is 3.38. The number of piperazine rings is 1. The molecule has 0 spiro atoms. The molecule has 3 aromatic rings. The van der Waals surface area contributed by atoms with E-state index in [2.05, 4.69) is 35.5 Å². The number of fused-ring (bicyclic) bond motifs is 3. The molecule has 10 nitrogen and oxygen atoms in total. The van der Waals surface area contributed by atoms with E-state index in [9.17, 15) is 0 Å². The fourth-order valence-corrected chi connectivity index (χ4v) is 4.80. The largest absolute Gasteiger partial charge is 0.399 e. The molecule has 4 heterocycles. The highest BCUT2D eigenvalue weighted by Gasteiger charge is 2.34. The first-order chi connectivity index (χ1) is 15.0. The summed E-state index contributed by atoms with van der Waals surface area (Å²) in [7, 11) is 0. The lowest BCUT2D eigenvalue weighted by atomic mass is 10.1. The van der Waals surface area contributed by atoms with Gasteiger partial charge in [0.25, 0.3) is 0 Å². The second-order valence-electron chi connectivity index (χ2n) is 8.58. The molecule has 11 heteroatoms. The summed E-state index contributed by atoms with van der Waals surface area (Å²) < 4.78 is 1.58. The first-order valence-corrected chi connectivity index (χ1v) is 11.1. The lowest BCUT2D eigenvalue weighted by Crippen LogP contribution is -2.46. The molecule has 2 atom stereocenters. The number of nitrogens with zero attached hydrogens (tertiary/aromatic N) is 6. The smallest absolute Gasteiger partial charge is 0.247 e. The lowest BCUT2D eigenvalue weighted by Gasteiger charge is -2.37. The minimum Gasteiger partial charge on any atom is -0.399 e. The molecule has 3 fully saturated rings. The van der Waals surface area contributed by atoms with E-state index in [1.807, 2.05) is 12.1 Å². The third-order valence-electron chi connectivity index (χ3n) is 6.28. The molecule has 2 unspecified atom stereocenters. The summed E-state index contributed by atoms with van der Waals surface area (Å²) >= 11 is 6.87. The van der Waals surface area contributed by atoms with Gasteiger partial charge in [0.15, 0.2) is 11.5 Å². The topological polar surface area (TPSA) is 126 Å². The molecule has 162 valence electrons. The van der Waals surface area contributed by atoms with Crippen molar-refractivity contribution >= 4 is 51.9 Å². The van der Waals surface area contributed by atoms with Gasteiger partial charge in [-0.2, -0.15) is 9.50 Å². The Kier molecular flexibility index (Phi) is 4.25. The van der Waals surface area contributed by atoms with Crippen LogP contribution in [-0.4, -0.2) is 62.7 Å². The maximum Gasteiger partial charge on any atom is 0.247 e. The summed E-state index contributed by atoms with van der Waals surface area (Å²) in [6.45, 7) is 4.20. The Morgan fingerprint density at radius 3 is 2.81 bits per heavy atom. The number of rotatable bonds is 5. The Balaban J connectivity index is 1.37. The van der Waals surface area contributed by atoms with Gasteiger partial charge in [0.2, 0.25) is 5.95 Å². The average molecular weight is 441 g/mol. The zero-order valence-electron chi connectivity index (χ0n) is 17.1. The second-order valence-corrected chi connectivity index (χ2v) is 8.96.